The number of hydrogen-bond acceptors (Lipinski definition) is 3. The number of rotatable bonds is 2. The summed E-state index contributed by atoms with van der Waals surface area (Å²) in [5.74, 6) is 2.79. The molecular formula is C8H16O3SSi. The van der Waals surface area contributed by atoms with E-state index in [-0.39, 0.29) is 0 Å². The maximum absolute atomic E-state index is 10.7. The van der Waals surface area contributed by atoms with Crippen LogP contribution in [-0.2, 0) is 14.3 Å². The van der Waals surface area contributed by atoms with E-state index >= 15 is 0 Å². The Morgan fingerprint density at radius 2 is 1.77 bits per heavy atom. The third kappa shape index (κ3) is 9.60. The van der Waals surface area contributed by atoms with E-state index in [1.54, 1.807) is 6.92 Å². The van der Waals surface area contributed by atoms with Crippen LogP contribution in [-0.4, -0.2) is 28.9 Å². The molecule has 5 heteroatoms. The van der Waals surface area contributed by atoms with Gasteiger partial charge in [0.25, 0.3) is 10.1 Å². The SMILES string of the molecule is C[C@@H](C#C[Si](C)(C)C)OS(C)(=O)=O. The average molecular weight is 220 g/mol. The molecule has 13 heavy (non-hydrogen) atoms. The van der Waals surface area contributed by atoms with Gasteiger partial charge in [0.05, 0.1) is 6.26 Å². The Kier molecular flexibility index (Phi) is 4.16. The Morgan fingerprint density at radius 1 is 1.31 bits per heavy atom. The lowest BCUT2D eigenvalue weighted by molar-refractivity contribution is 0.286. The van der Waals surface area contributed by atoms with Crippen molar-refractivity contribution in [3.63, 3.8) is 0 Å². The molecule has 0 aromatic heterocycles. The highest BCUT2D eigenvalue weighted by Gasteiger charge is 2.10. The Balaban J connectivity index is 4.31. The van der Waals surface area contributed by atoms with Crippen molar-refractivity contribution in [3.8, 4) is 11.5 Å². The van der Waals surface area contributed by atoms with Gasteiger partial charge in [-0.15, -0.1) is 5.54 Å². The summed E-state index contributed by atoms with van der Waals surface area (Å²) < 4.78 is 26.0. The molecule has 0 aromatic carbocycles. The molecule has 0 aliphatic heterocycles. The van der Waals surface area contributed by atoms with Crippen LogP contribution in [0.4, 0.5) is 0 Å². The van der Waals surface area contributed by atoms with E-state index in [0.29, 0.717) is 0 Å². The minimum atomic E-state index is -3.38. The molecule has 0 saturated carbocycles. The first kappa shape index (κ1) is 12.7. The minimum Gasteiger partial charge on any atom is -0.254 e. The summed E-state index contributed by atoms with van der Waals surface area (Å²) >= 11 is 0. The Morgan fingerprint density at radius 3 is 2.08 bits per heavy atom. The van der Waals surface area contributed by atoms with Crippen LogP contribution in [0.5, 0.6) is 0 Å². The van der Waals surface area contributed by atoms with Gasteiger partial charge in [0, 0.05) is 0 Å². The van der Waals surface area contributed by atoms with Crippen LogP contribution < -0.4 is 0 Å². The van der Waals surface area contributed by atoms with Gasteiger partial charge >= 0.3 is 0 Å². The molecule has 0 aromatic rings. The smallest absolute Gasteiger partial charge is 0.254 e. The van der Waals surface area contributed by atoms with Gasteiger partial charge in [0.2, 0.25) is 0 Å². The Labute approximate surface area is 81.6 Å². The van der Waals surface area contributed by atoms with Crippen molar-refractivity contribution in [1.29, 1.82) is 0 Å². The Hall–Kier alpha value is -0.313. The van der Waals surface area contributed by atoms with Gasteiger partial charge < -0.3 is 0 Å². The highest BCUT2D eigenvalue weighted by molar-refractivity contribution is 7.86. The van der Waals surface area contributed by atoms with Gasteiger partial charge in [-0.1, -0.05) is 25.6 Å². The third-order valence-corrected chi connectivity index (χ3v) is 2.50. The predicted octanol–water partition coefficient (Wildman–Crippen LogP) is 1.23. The van der Waals surface area contributed by atoms with Gasteiger partial charge in [-0.25, -0.2) is 0 Å². The molecule has 0 saturated heterocycles. The summed E-state index contributed by atoms with van der Waals surface area (Å²) in [5, 5.41) is 0. The van der Waals surface area contributed by atoms with Crippen molar-refractivity contribution in [3.05, 3.63) is 0 Å². The largest absolute Gasteiger partial charge is 0.265 e. The van der Waals surface area contributed by atoms with Crippen LogP contribution in [0.25, 0.3) is 0 Å². The number of hydrogen-bond donors (Lipinski definition) is 0. The van der Waals surface area contributed by atoms with Gasteiger partial charge in [-0.3, -0.25) is 4.18 Å². The first-order valence-corrected chi connectivity index (χ1v) is 9.33. The maximum Gasteiger partial charge on any atom is 0.265 e. The van der Waals surface area contributed by atoms with E-state index in [0.717, 1.165) is 6.26 Å². The second-order valence-corrected chi connectivity index (χ2v) is 10.3. The zero-order chi connectivity index (χ0) is 10.7. The molecule has 0 fully saturated rings. The summed E-state index contributed by atoms with van der Waals surface area (Å²) in [6.07, 6.45) is 0.487. The van der Waals surface area contributed by atoms with E-state index in [2.05, 4.69) is 35.3 Å². The standard InChI is InChI=1S/C8H16O3SSi/c1-8(11-12(2,9)10)6-7-13(3,4)5/h8H,1-5H3/t8-/m0/s1. The second kappa shape index (κ2) is 4.27. The van der Waals surface area contributed by atoms with Crippen LogP contribution in [0.2, 0.25) is 19.6 Å². The highest BCUT2D eigenvalue weighted by atomic mass is 32.2. The van der Waals surface area contributed by atoms with Crippen molar-refractivity contribution in [2.24, 2.45) is 0 Å². The van der Waals surface area contributed by atoms with E-state index < -0.39 is 24.3 Å². The van der Waals surface area contributed by atoms with Crippen molar-refractivity contribution >= 4 is 18.2 Å². The lowest BCUT2D eigenvalue weighted by atomic mass is 10.4. The fraction of sp³-hybridized carbons (Fsp3) is 0.750. The molecule has 3 nitrogen and oxygen atoms in total. The van der Waals surface area contributed by atoms with Crippen molar-refractivity contribution in [2.75, 3.05) is 6.26 Å². The molecule has 0 spiro atoms. The summed E-state index contributed by atoms with van der Waals surface area (Å²) in [6.45, 7) is 7.90. The van der Waals surface area contributed by atoms with Crippen molar-refractivity contribution in [2.45, 2.75) is 32.7 Å². The maximum atomic E-state index is 10.7. The molecule has 0 unspecified atom stereocenters. The zero-order valence-corrected chi connectivity index (χ0v) is 10.5. The van der Waals surface area contributed by atoms with Crippen molar-refractivity contribution in [1.82, 2.24) is 0 Å². The van der Waals surface area contributed by atoms with Crippen LogP contribution in [0, 0.1) is 11.5 Å². The van der Waals surface area contributed by atoms with E-state index in [9.17, 15) is 8.42 Å². The molecule has 0 aliphatic rings. The molecule has 0 radical (unpaired) electrons. The molecule has 0 N–H and O–H groups in total. The molecule has 0 bridgehead atoms. The first-order valence-electron chi connectivity index (χ1n) is 4.01. The summed E-state index contributed by atoms with van der Waals surface area (Å²) in [7, 11) is -4.81. The summed E-state index contributed by atoms with van der Waals surface area (Å²) in [4.78, 5) is 0. The molecule has 76 valence electrons. The van der Waals surface area contributed by atoms with Crippen LogP contribution in [0.1, 0.15) is 6.92 Å². The molecule has 0 aliphatic carbocycles. The van der Waals surface area contributed by atoms with Gasteiger partial charge in [0.1, 0.15) is 14.2 Å². The fourth-order valence-corrected chi connectivity index (χ4v) is 1.81. The molecular weight excluding hydrogens is 204 g/mol. The molecule has 0 amide bonds. The van der Waals surface area contributed by atoms with Crippen LogP contribution in [0.15, 0.2) is 0 Å². The summed E-state index contributed by atoms with van der Waals surface area (Å²) in [6, 6.07) is 0. The summed E-state index contributed by atoms with van der Waals surface area (Å²) in [5.41, 5.74) is 3.04. The van der Waals surface area contributed by atoms with Crippen LogP contribution >= 0.6 is 0 Å². The second-order valence-electron chi connectivity index (χ2n) is 3.96. The van der Waals surface area contributed by atoms with E-state index in [1.807, 2.05) is 0 Å². The van der Waals surface area contributed by atoms with E-state index in [1.165, 1.54) is 0 Å². The zero-order valence-electron chi connectivity index (χ0n) is 8.71. The van der Waals surface area contributed by atoms with Crippen LogP contribution in [0.3, 0.4) is 0 Å². The average Bonchev–Trinajstić information content (AvgIpc) is 1.78. The first-order chi connectivity index (χ1) is 5.60. The van der Waals surface area contributed by atoms with E-state index in [4.69, 9.17) is 0 Å². The highest BCUT2D eigenvalue weighted by Crippen LogP contribution is 1.99. The van der Waals surface area contributed by atoms with Crippen molar-refractivity contribution < 1.29 is 12.6 Å². The lowest BCUT2D eigenvalue weighted by Gasteiger charge is -2.06. The quantitative estimate of drug-likeness (QED) is 0.399. The monoisotopic (exact) mass is 220 g/mol. The molecule has 0 heterocycles. The third-order valence-electron chi connectivity index (χ3n) is 0.970. The van der Waals surface area contributed by atoms with Gasteiger partial charge in [-0.2, -0.15) is 8.42 Å². The topological polar surface area (TPSA) is 43.4 Å². The fourth-order valence-electron chi connectivity index (χ4n) is 0.604. The predicted molar refractivity (Wildman–Crippen MR) is 56.5 cm³/mol. The minimum absolute atomic E-state index is 0.540. The van der Waals surface area contributed by atoms with Gasteiger partial charge in [0.15, 0.2) is 0 Å². The molecule has 0 rings (SSSR count). The molecule has 1 atom stereocenters. The lowest BCUT2D eigenvalue weighted by Crippen LogP contribution is -2.19. The Bertz CT molecular complexity index is 316. The van der Waals surface area contributed by atoms with Gasteiger partial charge in [-0.05, 0) is 6.92 Å². The normalized spacial score (nSPS) is 14.5.